The molecule has 5 rings (SSSR count). The van der Waals surface area contributed by atoms with E-state index in [4.69, 9.17) is 4.79 Å². The minimum Gasteiger partial charge on any atom is -0.471 e. The number of halogens is 1. The first-order valence-corrected chi connectivity index (χ1v) is 12.5. The van der Waals surface area contributed by atoms with Gasteiger partial charge < -0.3 is 14.6 Å². The number of nitrogens with one attached hydrogen (secondary N) is 1. The van der Waals surface area contributed by atoms with E-state index in [1.165, 1.54) is 7.11 Å². The highest BCUT2D eigenvalue weighted by Gasteiger charge is 2.24. The molecule has 0 unspecified atom stereocenters. The third kappa shape index (κ3) is 5.80. The second-order valence-corrected chi connectivity index (χ2v) is 8.99. The molecule has 1 amide bonds. The van der Waals surface area contributed by atoms with Gasteiger partial charge in [0.1, 0.15) is 0 Å². The number of hydrogen-bond donors (Lipinski definition) is 1. The van der Waals surface area contributed by atoms with Crippen molar-refractivity contribution in [2.45, 2.75) is 39.7 Å². The summed E-state index contributed by atoms with van der Waals surface area (Å²) in [6.45, 7) is 5.89. The zero-order chi connectivity index (χ0) is 27.1. The summed E-state index contributed by atoms with van der Waals surface area (Å²) < 4.78 is 21.3. The van der Waals surface area contributed by atoms with Gasteiger partial charge in [-0.15, -0.1) is 5.10 Å². The number of pyridine rings is 1. The fourth-order valence-electron chi connectivity index (χ4n) is 4.70. The summed E-state index contributed by atoms with van der Waals surface area (Å²) in [6.07, 6.45) is 10.9. The van der Waals surface area contributed by atoms with Crippen LogP contribution in [-0.2, 0) is 27.3 Å². The van der Waals surface area contributed by atoms with Crippen molar-refractivity contribution in [1.29, 1.82) is 0 Å². The third-order valence-corrected chi connectivity index (χ3v) is 6.53. The molecule has 4 aromatic rings. The predicted octanol–water partition coefficient (Wildman–Crippen LogP) is 4.33. The maximum absolute atomic E-state index is 15.8. The number of carbonyl (C=O) groups excluding carboxylic acids is 2. The van der Waals surface area contributed by atoms with Crippen molar-refractivity contribution in [1.82, 2.24) is 29.9 Å². The van der Waals surface area contributed by atoms with Gasteiger partial charge >= 0.3 is 0 Å². The summed E-state index contributed by atoms with van der Waals surface area (Å²) in [4.78, 5) is 31.1. The Balaban J connectivity index is 0.000000786. The molecule has 1 aromatic carbocycles. The van der Waals surface area contributed by atoms with E-state index >= 15 is 4.39 Å². The van der Waals surface area contributed by atoms with E-state index in [-0.39, 0.29) is 11.7 Å². The van der Waals surface area contributed by atoms with Crippen molar-refractivity contribution in [2.24, 2.45) is 0 Å². The largest absolute Gasteiger partial charge is 0.471 e. The van der Waals surface area contributed by atoms with Crippen LogP contribution in [0.25, 0.3) is 27.6 Å². The summed E-state index contributed by atoms with van der Waals surface area (Å²) in [7, 11) is 1.31. The molecule has 0 bridgehead atoms. The summed E-state index contributed by atoms with van der Waals surface area (Å²) in [5.74, 6) is -0.247. The van der Waals surface area contributed by atoms with Crippen LogP contribution < -0.4 is 0 Å². The van der Waals surface area contributed by atoms with Crippen molar-refractivity contribution in [2.75, 3.05) is 20.2 Å². The molecule has 9 nitrogen and oxygen atoms in total. The van der Waals surface area contributed by atoms with Gasteiger partial charge in [0.2, 0.25) is 5.91 Å². The fourth-order valence-corrected chi connectivity index (χ4v) is 4.70. The van der Waals surface area contributed by atoms with Crippen LogP contribution in [0.3, 0.4) is 0 Å². The molecular formula is C28H31FN6O3. The monoisotopic (exact) mass is 518 g/mol. The molecule has 3 aromatic heterocycles. The average molecular weight is 519 g/mol. The second-order valence-electron chi connectivity index (χ2n) is 8.99. The maximum atomic E-state index is 15.8. The Hall–Kier alpha value is -4.34. The number of aromatic nitrogens is 5. The number of methoxy groups -OCH3 is 1. The number of rotatable bonds is 7. The lowest BCUT2D eigenvalue weighted by molar-refractivity contribution is -0.131. The van der Waals surface area contributed by atoms with Gasteiger partial charge in [-0.05, 0) is 60.2 Å². The van der Waals surface area contributed by atoms with Gasteiger partial charge in [-0.25, -0.2) is 4.39 Å². The zero-order valence-electron chi connectivity index (χ0n) is 21.8. The Labute approximate surface area is 220 Å². The van der Waals surface area contributed by atoms with Crippen LogP contribution in [0.2, 0.25) is 0 Å². The van der Waals surface area contributed by atoms with Crippen LogP contribution in [0, 0.1) is 12.7 Å². The standard InChI is InChI=1S/C26H27FN6O.C2H4O2/c1-3-18-15-28-8-6-20(18)22-14-21(25(27)26-23(22)13-17(2)30-26)19-5-4-10-32(16-19)24(34)7-11-33-12-9-29-31-33;1-4-2-3/h5-6,8-9,12-15,30H,3-4,7,10-11,16H2,1-2H3;2H,1H3. The Bertz CT molecular complexity index is 1440. The molecule has 1 aliphatic heterocycles. The molecule has 198 valence electrons. The highest BCUT2D eigenvalue weighted by molar-refractivity contribution is 5.99. The van der Waals surface area contributed by atoms with Crippen molar-refractivity contribution < 1.29 is 18.7 Å². The van der Waals surface area contributed by atoms with Gasteiger partial charge in [-0.2, -0.15) is 0 Å². The lowest BCUT2D eigenvalue weighted by Gasteiger charge is -2.28. The molecule has 0 radical (unpaired) electrons. The number of ether oxygens (including phenoxy) is 1. The van der Waals surface area contributed by atoms with Crippen LogP contribution in [0.4, 0.5) is 4.39 Å². The van der Waals surface area contributed by atoms with E-state index in [1.54, 1.807) is 28.2 Å². The average Bonchev–Trinajstić information content (AvgIpc) is 3.62. The molecule has 0 saturated carbocycles. The van der Waals surface area contributed by atoms with Gasteiger partial charge in [0.05, 0.1) is 25.4 Å². The quantitative estimate of drug-likeness (QED) is 0.365. The highest BCUT2D eigenvalue weighted by atomic mass is 19.1. The van der Waals surface area contributed by atoms with Gasteiger partial charge in [-0.3, -0.25) is 19.3 Å². The van der Waals surface area contributed by atoms with Crippen LogP contribution >= 0.6 is 0 Å². The van der Waals surface area contributed by atoms with E-state index < -0.39 is 0 Å². The molecule has 4 heterocycles. The number of carbonyl (C=O) groups is 2. The van der Waals surface area contributed by atoms with Crippen molar-refractivity contribution in [3.05, 3.63) is 71.7 Å². The molecule has 0 fully saturated rings. The summed E-state index contributed by atoms with van der Waals surface area (Å²) in [5.41, 5.74) is 5.92. The van der Waals surface area contributed by atoms with E-state index in [2.05, 4.69) is 38.0 Å². The summed E-state index contributed by atoms with van der Waals surface area (Å²) >= 11 is 0. The molecule has 0 saturated heterocycles. The molecule has 0 aliphatic carbocycles. The normalized spacial score (nSPS) is 13.1. The summed E-state index contributed by atoms with van der Waals surface area (Å²) in [6, 6.07) is 5.92. The predicted molar refractivity (Wildman–Crippen MR) is 142 cm³/mol. The molecule has 0 atom stereocenters. The third-order valence-electron chi connectivity index (χ3n) is 6.53. The van der Waals surface area contributed by atoms with Crippen molar-refractivity contribution in [3.8, 4) is 11.1 Å². The smallest absolute Gasteiger partial charge is 0.292 e. The maximum Gasteiger partial charge on any atom is 0.292 e. The SMILES string of the molecule is CCc1cnccc1-c1cc(C2=CCCN(C(=O)CCn3ccnn3)C2)c(F)c2[nH]c(C)cc12.COC=O. The Morgan fingerprint density at radius 1 is 1.24 bits per heavy atom. The minimum absolute atomic E-state index is 0.0286. The van der Waals surface area contributed by atoms with Crippen LogP contribution in [-0.4, -0.2) is 62.4 Å². The number of amides is 1. The van der Waals surface area contributed by atoms with Crippen LogP contribution in [0.15, 0.2) is 49.1 Å². The zero-order valence-corrected chi connectivity index (χ0v) is 21.8. The van der Waals surface area contributed by atoms with Gasteiger partial charge in [0, 0.05) is 54.7 Å². The fraction of sp³-hybridized carbons (Fsp3) is 0.321. The first-order chi connectivity index (χ1) is 18.5. The number of aromatic amines is 1. The van der Waals surface area contributed by atoms with Crippen LogP contribution in [0.1, 0.15) is 36.6 Å². The number of nitrogens with zero attached hydrogens (tertiary/aromatic N) is 5. The van der Waals surface area contributed by atoms with E-state index in [1.807, 2.05) is 31.3 Å². The Kier molecular flexibility index (Phi) is 8.62. The number of H-pyrrole nitrogens is 1. The minimum atomic E-state index is -0.276. The number of aryl methyl sites for hydroxylation is 3. The van der Waals surface area contributed by atoms with Gasteiger partial charge in [-0.1, -0.05) is 18.2 Å². The lowest BCUT2D eigenvalue weighted by atomic mass is 9.91. The first kappa shape index (κ1) is 26.7. The molecule has 1 N–H and O–H groups in total. The first-order valence-electron chi connectivity index (χ1n) is 12.5. The lowest BCUT2D eigenvalue weighted by Crippen LogP contribution is -2.36. The molecule has 38 heavy (non-hydrogen) atoms. The number of hydrogen-bond acceptors (Lipinski definition) is 6. The van der Waals surface area contributed by atoms with Crippen molar-refractivity contribution in [3.63, 3.8) is 0 Å². The van der Waals surface area contributed by atoms with E-state index in [0.29, 0.717) is 50.0 Å². The molecule has 0 spiro atoms. The van der Waals surface area contributed by atoms with Crippen molar-refractivity contribution >= 4 is 28.9 Å². The molecular weight excluding hydrogens is 487 g/mol. The van der Waals surface area contributed by atoms with Gasteiger partial charge in [0.15, 0.2) is 5.82 Å². The molecule has 1 aliphatic rings. The topological polar surface area (TPSA) is 106 Å². The number of fused-ring (bicyclic) bond motifs is 1. The van der Waals surface area contributed by atoms with E-state index in [0.717, 1.165) is 39.8 Å². The Morgan fingerprint density at radius 2 is 2.05 bits per heavy atom. The van der Waals surface area contributed by atoms with Gasteiger partial charge in [0.25, 0.3) is 6.47 Å². The van der Waals surface area contributed by atoms with E-state index in [9.17, 15) is 4.79 Å². The highest BCUT2D eigenvalue weighted by Crippen LogP contribution is 2.37. The number of benzene rings is 1. The van der Waals surface area contributed by atoms with Crippen LogP contribution in [0.5, 0.6) is 0 Å². The Morgan fingerprint density at radius 3 is 2.76 bits per heavy atom. The second kappa shape index (κ2) is 12.3. The molecule has 10 heteroatoms. The summed E-state index contributed by atoms with van der Waals surface area (Å²) in [5, 5.41) is 8.55.